The molecule has 37 heavy (non-hydrogen) atoms. The molecule has 1 fully saturated rings. The van der Waals surface area contributed by atoms with E-state index in [9.17, 15) is 4.79 Å². The van der Waals surface area contributed by atoms with Crippen LogP contribution in [0.15, 0.2) is 87.9 Å². The predicted molar refractivity (Wildman–Crippen MR) is 153 cm³/mol. The summed E-state index contributed by atoms with van der Waals surface area (Å²) in [4.78, 5) is 19.4. The summed E-state index contributed by atoms with van der Waals surface area (Å²) in [5, 5.41) is 6.95. The standard InChI is InChI=1S/C29H27BrN4O2S/c1-18-6-9-20(10-7-18)32-26(35)14-16-34-28(27(33-29(34)37)23-5-3-4-15-31-23)25-13-12-24(36-25)21-11-8-19(2)17-22(21)30/h3-13,15,17,27-28H,14,16H2,1-2H3,(H,32,35)(H,33,37)/t27-,28+/m1/s1. The van der Waals surface area contributed by atoms with E-state index in [-0.39, 0.29) is 24.4 Å². The number of hydrogen-bond donors (Lipinski definition) is 2. The number of benzene rings is 2. The van der Waals surface area contributed by atoms with Crippen LogP contribution in [0.3, 0.4) is 0 Å². The van der Waals surface area contributed by atoms with Crippen LogP contribution in [0.5, 0.6) is 0 Å². The van der Waals surface area contributed by atoms with Gasteiger partial charge in [-0.3, -0.25) is 9.78 Å². The highest BCUT2D eigenvalue weighted by atomic mass is 79.9. The number of anilines is 1. The van der Waals surface area contributed by atoms with E-state index in [1.54, 1.807) is 6.20 Å². The lowest BCUT2D eigenvalue weighted by Gasteiger charge is -2.25. The first-order valence-corrected chi connectivity index (χ1v) is 13.3. The average molecular weight is 576 g/mol. The average Bonchev–Trinajstić information content (AvgIpc) is 3.49. The number of carbonyl (C=O) groups is 1. The summed E-state index contributed by atoms with van der Waals surface area (Å²) in [5.74, 6) is 1.44. The number of aromatic nitrogens is 1. The molecule has 0 radical (unpaired) electrons. The van der Waals surface area contributed by atoms with E-state index in [4.69, 9.17) is 16.6 Å². The van der Waals surface area contributed by atoms with E-state index in [1.807, 2.05) is 72.5 Å². The quantitative estimate of drug-likeness (QED) is 0.239. The van der Waals surface area contributed by atoms with Crippen molar-refractivity contribution in [3.63, 3.8) is 0 Å². The lowest BCUT2D eigenvalue weighted by molar-refractivity contribution is -0.116. The van der Waals surface area contributed by atoms with Crippen molar-refractivity contribution < 1.29 is 9.21 Å². The molecule has 6 nitrogen and oxygen atoms in total. The van der Waals surface area contributed by atoms with Gasteiger partial charge in [0.25, 0.3) is 0 Å². The van der Waals surface area contributed by atoms with E-state index < -0.39 is 0 Å². The maximum Gasteiger partial charge on any atom is 0.226 e. The molecule has 2 aromatic carbocycles. The van der Waals surface area contributed by atoms with Gasteiger partial charge in [-0.1, -0.05) is 45.8 Å². The highest BCUT2D eigenvalue weighted by Gasteiger charge is 2.41. The third kappa shape index (κ3) is 5.60. The molecule has 3 heterocycles. The first-order valence-electron chi connectivity index (χ1n) is 12.1. The minimum absolute atomic E-state index is 0.0737. The third-order valence-corrected chi connectivity index (χ3v) is 7.43. The molecule has 5 rings (SSSR count). The second-order valence-corrected chi connectivity index (χ2v) is 10.4. The van der Waals surface area contributed by atoms with Gasteiger partial charge in [0.15, 0.2) is 5.11 Å². The maximum absolute atomic E-state index is 12.8. The zero-order valence-corrected chi connectivity index (χ0v) is 23.0. The Balaban J connectivity index is 1.40. The van der Waals surface area contributed by atoms with Crippen molar-refractivity contribution in [2.24, 2.45) is 0 Å². The molecule has 0 spiro atoms. The van der Waals surface area contributed by atoms with Crippen molar-refractivity contribution in [1.82, 2.24) is 15.2 Å². The molecule has 1 aliphatic rings. The molecule has 1 amide bonds. The fraction of sp³-hybridized carbons (Fsp3) is 0.207. The first kappa shape index (κ1) is 25.2. The summed E-state index contributed by atoms with van der Waals surface area (Å²) in [6, 6.07) is 23.2. The summed E-state index contributed by atoms with van der Waals surface area (Å²) in [6.07, 6.45) is 2.05. The molecule has 0 saturated carbocycles. The number of aryl methyl sites for hydroxylation is 2. The lowest BCUT2D eigenvalue weighted by atomic mass is 10.0. The molecule has 8 heteroatoms. The molecular weight excluding hydrogens is 548 g/mol. The smallest absolute Gasteiger partial charge is 0.226 e. The minimum Gasteiger partial charge on any atom is -0.459 e. The Kier molecular flexibility index (Phi) is 7.39. The highest BCUT2D eigenvalue weighted by molar-refractivity contribution is 9.10. The normalized spacial score (nSPS) is 17.1. The molecular formula is C29H27BrN4O2S. The number of furan rings is 1. The fourth-order valence-corrected chi connectivity index (χ4v) is 5.53. The van der Waals surface area contributed by atoms with Gasteiger partial charge >= 0.3 is 0 Å². The van der Waals surface area contributed by atoms with E-state index >= 15 is 0 Å². The van der Waals surface area contributed by atoms with Crippen LogP contribution in [0, 0.1) is 13.8 Å². The van der Waals surface area contributed by atoms with Gasteiger partial charge in [-0.2, -0.15) is 0 Å². The van der Waals surface area contributed by atoms with E-state index in [0.29, 0.717) is 11.7 Å². The van der Waals surface area contributed by atoms with Crippen LogP contribution in [0.2, 0.25) is 0 Å². The second-order valence-electron chi connectivity index (χ2n) is 9.17. The fourth-order valence-electron chi connectivity index (χ4n) is 4.51. The summed E-state index contributed by atoms with van der Waals surface area (Å²) in [7, 11) is 0. The number of nitrogens with zero attached hydrogens (tertiary/aromatic N) is 2. The number of halogens is 1. The minimum atomic E-state index is -0.257. The van der Waals surface area contributed by atoms with E-state index in [2.05, 4.69) is 50.6 Å². The Hall–Kier alpha value is -3.49. The number of pyridine rings is 1. The van der Waals surface area contributed by atoms with Crippen LogP contribution < -0.4 is 10.6 Å². The molecule has 2 aromatic heterocycles. The third-order valence-electron chi connectivity index (χ3n) is 6.42. The predicted octanol–water partition coefficient (Wildman–Crippen LogP) is 6.72. The Morgan fingerprint density at radius 1 is 1.08 bits per heavy atom. The van der Waals surface area contributed by atoms with Gasteiger partial charge in [0.2, 0.25) is 5.91 Å². The van der Waals surface area contributed by atoms with Crippen LogP contribution in [-0.4, -0.2) is 27.4 Å². The molecule has 1 saturated heterocycles. The SMILES string of the molecule is Cc1ccc(NC(=O)CCN2C(=S)N[C@H](c3ccccn3)[C@@H]2c2ccc(-c3ccc(C)cc3Br)o2)cc1. The number of amides is 1. The van der Waals surface area contributed by atoms with Crippen LogP contribution in [0.25, 0.3) is 11.3 Å². The zero-order chi connectivity index (χ0) is 25.9. The van der Waals surface area contributed by atoms with Gasteiger partial charge in [0, 0.05) is 34.9 Å². The van der Waals surface area contributed by atoms with Crippen molar-refractivity contribution in [3.8, 4) is 11.3 Å². The molecule has 0 aliphatic carbocycles. The summed E-state index contributed by atoms with van der Waals surface area (Å²) in [5.41, 5.74) is 4.92. The van der Waals surface area contributed by atoms with Gasteiger partial charge in [-0.05, 0) is 80.2 Å². The molecule has 0 unspecified atom stereocenters. The van der Waals surface area contributed by atoms with Gasteiger partial charge < -0.3 is 20.0 Å². The maximum atomic E-state index is 12.8. The Labute approximate surface area is 230 Å². The molecule has 2 atom stereocenters. The second kappa shape index (κ2) is 10.9. The molecule has 1 aliphatic heterocycles. The largest absolute Gasteiger partial charge is 0.459 e. The van der Waals surface area contributed by atoms with Crippen LogP contribution >= 0.6 is 28.1 Å². The highest BCUT2D eigenvalue weighted by Crippen LogP contribution is 2.41. The van der Waals surface area contributed by atoms with Gasteiger partial charge in [0.1, 0.15) is 17.6 Å². The number of thiocarbonyl (C=S) groups is 1. The summed E-state index contributed by atoms with van der Waals surface area (Å²) < 4.78 is 7.39. The molecule has 0 bridgehead atoms. The van der Waals surface area contributed by atoms with Crippen LogP contribution in [-0.2, 0) is 4.79 Å². The van der Waals surface area contributed by atoms with Crippen molar-refractivity contribution in [2.45, 2.75) is 32.4 Å². The van der Waals surface area contributed by atoms with Crippen LogP contribution in [0.1, 0.15) is 41.1 Å². The van der Waals surface area contributed by atoms with E-state index in [0.717, 1.165) is 44.1 Å². The summed E-state index contributed by atoms with van der Waals surface area (Å²) in [6.45, 7) is 4.50. The number of nitrogens with one attached hydrogen (secondary N) is 2. The monoisotopic (exact) mass is 574 g/mol. The number of hydrogen-bond acceptors (Lipinski definition) is 4. The molecule has 2 N–H and O–H groups in total. The van der Waals surface area contributed by atoms with Crippen molar-refractivity contribution in [1.29, 1.82) is 0 Å². The van der Waals surface area contributed by atoms with Gasteiger partial charge in [-0.25, -0.2) is 0 Å². The van der Waals surface area contributed by atoms with Crippen molar-refractivity contribution in [3.05, 3.63) is 106 Å². The molecule has 4 aromatic rings. The van der Waals surface area contributed by atoms with Crippen molar-refractivity contribution >= 4 is 44.9 Å². The van der Waals surface area contributed by atoms with Gasteiger partial charge in [0.05, 0.1) is 11.7 Å². The number of rotatable bonds is 7. The topological polar surface area (TPSA) is 70.4 Å². The lowest BCUT2D eigenvalue weighted by Crippen LogP contribution is -2.32. The zero-order valence-electron chi connectivity index (χ0n) is 20.6. The molecule has 188 valence electrons. The summed E-state index contributed by atoms with van der Waals surface area (Å²) >= 11 is 9.39. The number of carbonyl (C=O) groups excluding carboxylic acids is 1. The van der Waals surface area contributed by atoms with Crippen LogP contribution in [0.4, 0.5) is 5.69 Å². The van der Waals surface area contributed by atoms with Gasteiger partial charge in [-0.15, -0.1) is 0 Å². The Morgan fingerprint density at radius 3 is 2.59 bits per heavy atom. The first-order chi connectivity index (χ1) is 17.9. The Morgan fingerprint density at radius 2 is 1.86 bits per heavy atom. The van der Waals surface area contributed by atoms with Crippen molar-refractivity contribution in [2.75, 3.05) is 11.9 Å². The Bertz CT molecular complexity index is 1420. The van der Waals surface area contributed by atoms with E-state index in [1.165, 1.54) is 0 Å².